The van der Waals surface area contributed by atoms with E-state index in [0.29, 0.717) is 18.4 Å². The van der Waals surface area contributed by atoms with E-state index in [2.05, 4.69) is 20.0 Å². The number of pyridine rings is 1. The summed E-state index contributed by atoms with van der Waals surface area (Å²) in [6.07, 6.45) is -2.77. The number of rotatable bonds is 7. The smallest absolute Gasteiger partial charge is 0.433 e. The Balaban J connectivity index is 1.66. The number of benzene rings is 1. The van der Waals surface area contributed by atoms with Gasteiger partial charge in [-0.3, -0.25) is 4.79 Å². The molecule has 3 aromatic rings. The molecular formula is C22H24F3N5O5S. The van der Waals surface area contributed by atoms with Crippen molar-refractivity contribution in [3.8, 4) is 17.2 Å². The topological polar surface area (TPSA) is 149 Å². The number of oxazole rings is 1. The number of carbonyl (C=O) groups is 1. The first-order chi connectivity index (χ1) is 16.8. The molecule has 2 heterocycles. The molecule has 1 atom stereocenters. The number of hydrogen-bond donors (Lipinski definition) is 3. The number of amides is 1. The molecule has 1 amide bonds. The highest BCUT2D eigenvalue weighted by Crippen LogP contribution is 2.37. The molecule has 4 N–H and O–H groups in total. The Hall–Kier alpha value is -3.23. The van der Waals surface area contributed by atoms with E-state index in [1.807, 2.05) is 0 Å². The number of methoxy groups -OCH3 is 1. The molecule has 1 aliphatic rings. The Morgan fingerprint density at radius 1 is 1.19 bits per heavy atom. The first kappa shape index (κ1) is 25.9. The highest BCUT2D eigenvalue weighted by Gasteiger charge is 2.35. The third-order valence-corrected chi connectivity index (χ3v) is 6.46. The van der Waals surface area contributed by atoms with E-state index in [0.717, 1.165) is 12.3 Å². The number of nitrogens with one attached hydrogen (secondary N) is 2. The summed E-state index contributed by atoms with van der Waals surface area (Å²) < 4.78 is 75.8. The van der Waals surface area contributed by atoms with Gasteiger partial charge in [0.25, 0.3) is 5.91 Å². The van der Waals surface area contributed by atoms with Crippen LogP contribution in [0.15, 0.2) is 28.7 Å². The van der Waals surface area contributed by atoms with Crippen molar-refractivity contribution in [1.29, 1.82) is 0 Å². The van der Waals surface area contributed by atoms with Crippen LogP contribution in [0.1, 0.15) is 47.7 Å². The fourth-order valence-corrected chi connectivity index (χ4v) is 4.81. The van der Waals surface area contributed by atoms with Crippen molar-refractivity contribution in [2.45, 2.75) is 44.1 Å². The molecule has 36 heavy (non-hydrogen) atoms. The third-order valence-electron chi connectivity index (χ3n) is 5.70. The molecule has 14 heteroatoms. The fraction of sp³-hybridized carbons (Fsp3) is 0.409. The maximum atomic E-state index is 13.2. The molecule has 1 fully saturated rings. The second kappa shape index (κ2) is 9.33. The Kier molecular flexibility index (Phi) is 6.70. The van der Waals surface area contributed by atoms with Gasteiger partial charge in [0.2, 0.25) is 15.9 Å². The van der Waals surface area contributed by atoms with Crippen molar-refractivity contribution >= 4 is 26.8 Å². The summed E-state index contributed by atoms with van der Waals surface area (Å²) in [5.74, 6) is -0.363. The Morgan fingerprint density at radius 3 is 2.47 bits per heavy atom. The van der Waals surface area contributed by atoms with Crippen LogP contribution in [0.25, 0.3) is 22.4 Å². The second-order valence-electron chi connectivity index (χ2n) is 8.66. The minimum Gasteiger partial charge on any atom is -0.494 e. The van der Waals surface area contributed by atoms with Crippen molar-refractivity contribution in [3.63, 3.8) is 0 Å². The maximum Gasteiger partial charge on any atom is 0.433 e. The van der Waals surface area contributed by atoms with Crippen LogP contribution in [0, 0.1) is 0 Å². The quantitative estimate of drug-likeness (QED) is 0.425. The van der Waals surface area contributed by atoms with Crippen LogP contribution in [0.3, 0.4) is 0 Å². The van der Waals surface area contributed by atoms with Crippen molar-refractivity contribution in [2.24, 2.45) is 5.73 Å². The zero-order valence-electron chi connectivity index (χ0n) is 19.5. The van der Waals surface area contributed by atoms with Crippen LogP contribution in [0.2, 0.25) is 0 Å². The summed E-state index contributed by atoms with van der Waals surface area (Å²) >= 11 is 0. The molecule has 1 aromatic carbocycles. The van der Waals surface area contributed by atoms with Gasteiger partial charge in [-0.25, -0.2) is 23.1 Å². The van der Waals surface area contributed by atoms with E-state index in [1.165, 1.54) is 19.2 Å². The Labute approximate surface area is 204 Å². The van der Waals surface area contributed by atoms with E-state index in [4.69, 9.17) is 14.9 Å². The maximum absolute atomic E-state index is 13.2. The minimum atomic E-state index is -4.65. The zero-order chi connectivity index (χ0) is 26.4. The molecule has 1 saturated carbocycles. The number of aromatic nitrogens is 2. The normalized spacial score (nSPS) is 19.1. The lowest BCUT2D eigenvalue weighted by Crippen LogP contribution is -2.53. The van der Waals surface area contributed by atoms with Crippen LogP contribution < -0.4 is 20.5 Å². The van der Waals surface area contributed by atoms with Gasteiger partial charge in [0.1, 0.15) is 17.0 Å². The van der Waals surface area contributed by atoms with Crippen LogP contribution >= 0.6 is 0 Å². The van der Waals surface area contributed by atoms with E-state index in [1.54, 1.807) is 13.0 Å². The van der Waals surface area contributed by atoms with Crippen molar-refractivity contribution in [2.75, 3.05) is 13.4 Å². The van der Waals surface area contributed by atoms with E-state index < -0.39 is 33.8 Å². The van der Waals surface area contributed by atoms with Crippen LogP contribution in [-0.4, -0.2) is 49.7 Å². The van der Waals surface area contributed by atoms with E-state index >= 15 is 0 Å². The van der Waals surface area contributed by atoms with Gasteiger partial charge in [0, 0.05) is 23.0 Å². The number of halogens is 3. The molecule has 0 spiro atoms. The number of hydrogen-bond acceptors (Lipinski definition) is 8. The summed E-state index contributed by atoms with van der Waals surface area (Å²) in [4.78, 5) is 21.0. The molecule has 4 rings (SSSR count). The number of sulfonamides is 1. The minimum absolute atomic E-state index is 0.0214. The molecule has 0 saturated heterocycles. The molecule has 0 aliphatic heterocycles. The van der Waals surface area contributed by atoms with Gasteiger partial charge < -0.3 is 20.2 Å². The number of ether oxygens (including phenoxy) is 1. The summed E-state index contributed by atoms with van der Waals surface area (Å²) in [6, 6.07) is 3.79. The van der Waals surface area contributed by atoms with Gasteiger partial charge in [-0.15, -0.1) is 0 Å². The first-order valence-corrected chi connectivity index (χ1v) is 12.8. The molecule has 1 aliphatic carbocycles. The molecule has 0 radical (unpaired) electrons. The van der Waals surface area contributed by atoms with E-state index in [-0.39, 0.29) is 46.1 Å². The Bertz CT molecular complexity index is 1420. The van der Waals surface area contributed by atoms with Crippen molar-refractivity contribution in [1.82, 2.24) is 20.0 Å². The highest BCUT2D eigenvalue weighted by atomic mass is 32.2. The molecular weight excluding hydrogens is 503 g/mol. The first-order valence-electron chi connectivity index (χ1n) is 10.9. The standard InChI is InChI=1S/C22H24F3N5O5S/c1-10(26)19-18(20(31)27-11-8-12(9-11)30-36(3,32)33)29-21(35-19)14-4-6-15(34-2)17-13(14)5-7-16(28-17)22(23,24)25/h4-7,10-12,30H,8-9,26H2,1-3H3,(H,27,31)/t10-,11-,12+/m0/s1. The fourth-order valence-electron chi connectivity index (χ4n) is 4.01. The van der Waals surface area contributed by atoms with Gasteiger partial charge in [-0.2, -0.15) is 13.2 Å². The number of fused-ring (bicyclic) bond motifs is 1. The van der Waals surface area contributed by atoms with E-state index in [9.17, 15) is 26.4 Å². The largest absolute Gasteiger partial charge is 0.494 e. The average Bonchev–Trinajstić information content (AvgIpc) is 3.20. The lowest BCUT2D eigenvalue weighted by atomic mass is 9.87. The molecule has 2 aromatic heterocycles. The highest BCUT2D eigenvalue weighted by molar-refractivity contribution is 7.88. The van der Waals surface area contributed by atoms with Gasteiger partial charge >= 0.3 is 6.18 Å². The number of carbonyl (C=O) groups excluding carboxylic acids is 1. The van der Waals surface area contributed by atoms with Gasteiger partial charge in [0.05, 0.1) is 19.4 Å². The molecule has 194 valence electrons. The van der Waals surface area contributed by atoms with Gasteiger partial charge in [0.15, 0.2) is 11.5 Å². The van der Waals surface area contributed by atoms with Crippen molar-refractivity contribution in [3.05, 3.63) is 41.4 Å². The second-order valence-corrected chi connectivity index (χ2v) is 10.4. The zero-order valence-corrected chi connectivity index (χ0v) is 20.3. The molecule has 0 unspecified atom stereocenters. The number of nitrogens with zero attached hydrogens (tertiary/aromatic N) is 2. The number of alkyl halides is 3. The average molecular weight is 528 g/mol. The summed E-state index contributed by atoms with van der Waals surface area (Å²) in [5, 5.41) is 3.06. The predicted molar refractivity (Wildman–Crippen MR) is 124 cm³/mol. The van der Waals surface area contributed by atoms with Crippen LogP contribution in [-0.2, 0) is 16.2 Å². The lowest BCUT2D eigenvalue weighted by Gasteiger charge is -2.35. The van der Waals surface area contributed by atoms with Gasteiger partial charge in [-0.1, -0.05) is 0 Å². The van der Waals surface area contributed by atoms with Crippen LogP contribution in [0.4, 0.5) is 13.2 Å². The molecule has 0 bridgehead atoms. The third kappa shape index (κ3) is 5.29. The van der Waals surface area contributed by atoms with Gasteiger partial charge in [-0.05, 0) is 44.0 Å². The summed E-state index contributed by atoms with van der Waals surface area (Å²) in [6.45, 7) is 1.60. The monoisotopic (exact) mass is 527 g/mol. The van der Waals surface area contributed by atoms with Crippen LogP contribution in [0.5, 0.6) is 5.75 Å². The predicted octanol–water partition coefficient (Wildman–Crippen LogP) is 2.75. The SMILES string of the molecule is COc1ccc(-c2nc(C(=O)N[C@H]3C[C@@H](NS(C)(=O)=O)C3)c([C@H](C)N)o2)c2ccc(C(F)(F)F)nc12. The number of nitrogens with two attached hydrogens (primary N) is 1. The summed E-state index contributed by atoms with van der Waals surface area (Å²) in [7, 11) is -2.04. The lowest BCUT2D eigenvalue weighted by molar-refractivity contribution is -0.140. The molecule has 10 nitrogen and oxygen atoms in total. The summed E-state index contributed by atoms with van der Waals surface area (Å²) in [5.41, 5.74) is 5.09. The Morgan fingerprint density at radius 2 is 1.89 bits per heavy atom. The van der Waals surface area contributed by atoms with Crippen molar-refractivity contribution < 1.29 is 35.5 Å².